The summed E-state index contributed by atoms with van der Waals surface area (Å²) in [6.45, 7) is 0.443. The van der Waals surface area contributed by atoms with Gasteiger partial charge in [0.2, 0.25) is 0 Å². The Labute approximate surface area is 98.1 Å². The molecule has 0 spiro atoms. The van der Waals surface area contributed by atoms with Gasteiger partial charge in [0, 0.05) is 13.5 Å². The first-order chi connectivity index (χ1) is 7.72. The molecule has 1 saturated carbocycles. The van der Waals surface area contributed by atoms with Crippen LogP contribution in [0.25, 0.3) is 0 Å². The van der Waals surface area contributed by atoms with Gasteiger partial charge in [-0.05, 0) is 18.8 Å². The average Bonchev–Trinajstić information content (AvgIpc) is 2.71. The number of ether oxygens (including phenoxy) is 2. The number of hydrogen-bond donors (Lipinski definition) is 1. The average molecular weight is 228 g/mol. The molecule has 0 bridgehead atoms. The molecule has 1 heterocycles. The normalized spacial score (nSPS) is 36.8. The molecule has 0 amide bonds. The molecule has 2 unspecified atom stereocenters. The lowest BCUT2D eigenvalue weighted by Gasteiger charge is -2.26. The van der Waals surface area contributed by atoms with Crippen molar-refractivity contribution in [3.63, 3.8) is 0 Å². The SMILES string of the molecule is COC1CC(O)(CCC2CCCCC2)CO1. The third-order valence-corrected chi connectivity index (χ3v) is 4.09. The second-order valence-electron chi connectivity index (χ2n) is 5.45. The fraction of sp³-hybridized carbons (Fsp3) is 1.00. The zero-order chi connectivity index (χ0) is 11.4. The molecular weight excluding hydrogens is 204 g/mol. The lowest BCUT2D eigenvalue weighted by atomic mass is 9.83. The van der Waals surface area contributed by atoms with Gasteiger partial charge in [-0.3, -0.25) is 0 Å². The summed E-state index contributed by atoms with van der Waals surface area (Å²) in [7, 11) is 1.64. The maximum atomic E-state index is 10.3. The Bertz CT molecular complexity index is 213. The Hall–Kier alpha value is -0.120. The van der Waals surface area contributed by atoms with Gasteiger partial charge in [-0.2, -0.15) is 0 Å². The van der Waals surface area contributed by atoms with Gasteiger partial charge < -0.3 is 14.6 Å². The molecule has 2 fully saturated rings. The molecule has 94 valence electrons. The highest BCUT2D eigenvalue weighted by Crippen LogP contribution is 2.34. The monoisotopic (exact) mass is 228 g/mol. The van der Waals surface area contributed by atoms with E-state index < -0.39 is 5.60 Å². The summed E-state index contributed by atoms with van der Waals surface area (Å²) in [6, 6.07) is 0. The number of aliphatic hydroxyl groups is 1. The predicted molar refractivity (Wildman–Crippen MR) is 62.1 cm³/mol. The summed E-state index contributed by atoms with van der Waals surface area (Å²) in [6.07, 6.45) is 9.31. The van der Waals surface area contributed by atoms with E-state index in [9.17, 15) is 5.11 Å². The summed E-state index contributed by atoms with van der Waals surface area (Å²) in [5, 5.41) is 10.3. The highest BCUT2D eigenvalue weighted by atomic mass is 16.7. The van der Waals surface area contributed by atoms with Gasteiger partial charge in [0.05, 0.1) is 12.2 Å². The molecule has 0 radical (unpaired) electrons. The van der Waals surface area contributed by atoms with Crippen LogP contribution in [-0.2, 0) is 9.47 Å². The largest absolute Gasteiger partial charge is 0.387 e. The van der Waals surface area contributed by atoms with Gasteiger partial charge in [-0.25, -0.2) is 0 Å². The van der Waals surface area contributed by atoms with Crippen LogP contribution in [-0.4, -0.2) is 30.7 Å². The summed E-state index contributed by atoms with van der Waals surface area (Å²) in [4.78, 5) is 0. The first-order valence-electron chi connectivity index (χ1n) is 6.59. The standard InChI is InChI=1S/C13H24O3/c1-15-12-9-13(14,10-16-12)8-7-11-5-3-2-4-6-11/h11-12,14H,2-10H2,1H3. The molecular formula is C13H24O3. The molecule has 1 aliphatic heterocycles. The van der Waals surface area contributed by atoms with E-state index in [1.54, 1.807) is 7.11 Å². The Balaban J connectivity index is 1.72. The molecule has 2 atom stereocenters. The van der Waals surface area contributed by atoms with Crippen molar-refractivity contribution in [2.24, 2.45) is 5.92 Å². The van der Waals surface area contributed by atoms with Gasteiger partial charge in [-0.15, -0.1) is 0 Å². The zero-order valence-corrected chi connectivity index (χ0v) is 10.3. The first kappa shape index (κ1) is 12.3. The van der Waals surface area contributed by atoms with Crippen molar-refractivity contribution in [2.75, 3.05) is 13.7 Å². The Morgan fingerprint density at radius 2 is 2.06 bits per heavy atom. The third-order valence-electron chi connectivity index (χ3n) is 4.09. The summed E-state index contributed by atoms with van der Waals surface area (Å²) < 4.78 is 10.5. The number of hydrogen-bond acceptors (Lipinski definition) is 3. The minimum Gasteiger partial charge on any atom is -0.387 e. The van der Waals surface area contributed by atoms with E-state index in [0.29, 0.717) is 13.0 Å². The van der Waals surface area contributed by atoms with Crippen molar-refractivity contribution in [3.8, 4) is 0 Å². The lowest BCUT2D eigenvalue weighted by Crippen LogP contribution is -2.30. The maximum absolute atomic E-state index is 10.3. The highest BCUT2D eigenvalue weighted by molar-refractivity contribution is 4.85. The quantitative estimate of drug-likeness (QED) is 0.803. The smallest absolute Gasteiger partial charge is 0.160 e. The highest BCUT2D eigenvalue weighted by Gasteiger charge is 2.38. The molecule has 1 aliphatic carbocycles. The van der Waals surface area contributed by atoms with Crippen molar-refractivity contribution in [1.29, 1.82) is 0 Å². The maximum Gasteiger partial charge on any atom is 0.160 e. The fourth-order valence-corrected chi connectivity index (χ4v) is 2.95. The van der Waals surface area contributed by atoms with Crippen LogP contribution >= 0.6 is 0 Å². The Kier molecular flexibility index (Phi) is 4.22. The minimum atomic E-state index is -0.627. The van der Waals surface area contributed by atoms with E-state index >= 15 is 0 Å². The van der Waals surface area contributed by atoms with Crippen molar-refractivity contribution in [1.82, 2.24) is 0 Å². The fourth-order valence-electron chi connectivity index (χ4n) is 2.95. The van der Waals surface area contributed by atoms with Crippen molar-refractivity contribution in [3.05, 3.63) is 0 Å². The molecule has 0 aromatic carbocycles. The lowest BCUT2D eigenvalue weighted by molar-refractivity contribution is -0.0889. The summed E-state index contributed by atoms with van der Waals surface area (Å²) >= 11 is 0. The Morgan fingerprint density at radius 3 is 2.69 bits per heavy atom. The van der Waals surface area contributed by atoms with Crippen molar-refractivity contribution in [2.45, 2.75) is 63.3 Å². The van der Waals surface area contributed by atoms with Gasteiger partial charge in [0.25, 0.3) is 0 Å². The second kappa shape index (κ2) is 5.48. The van der Waals surface area contributed by atoms with E-state index in [1.165, 1.54) is 32.1 Å². The summed E-state index contributed by atoms with van der Waals surface area (Å²) in [5.41, 5.74) is -0.627. The van der Waals surface area contributed by atoms with Crippen LogP contribution in [0.4, 0.5) is 0 Å². The molecule has 2 rings (SSSR count). The van der Waals surface area contributed by atoms with Crippen LogP contribution in [0, 0.1) is 5.92 Å². The molecule has 3 nitrogen and oxygen atoms in total. The molecule has 0 aromatic heterocycles. The molecule has 16 heavy (non-hydrogen) atoms. The van der Waals surface area contributed by atoms with E-state index in [0.717, 1.165) is 18.8 Å². The number of rotatable bonds is 4. The second-order valence-corrected chi connectivity index (χ2v) is 5.45. The van der Waals surface area contributed by atoms with Crippen LogP contribution in [0.1, 0.15) is 51.4 Å². The molecule has 1 saturated heterocycles. The van der Waals surface area contributed by atoms with E-state index in [-0.39, 0.29) is 6.29 Å². The Morgan fingerprint density at radius 1 is 1.31 bits per heavy atom. The molecule has 2 aliphatic rings. The van der Waals surface area contributed by atoms with Crippen LogP contribution in [0.3, 0.4) is 0 Å². The van der Waals surface area contributed by atoms with Gasteiger partial charge in [0.1, 0.15) is 0 Å². The van der Waals surface area contributed by atoms with Gasteiger partial charge in [-0.1, -0.05) is 32.1 Å². The van der Waals surface area contributed by atoms with Gasteiger partial charge >= 0.3 is 0 Å². The van der Waals surface area contributed by atoms with E-state index in [1.807, 2.05) is 0 Å². The van der Waals surface area contributed by atoms with Crippen molar-refractivity contribution < 1.29 is 14.6 Å². The van der Waals surface area contributed by atoms with Crippen LogP contribution in [0.15, 0.2) is 0 Å². The molecule has 1 N–H and O–H groups in total. The zero-order valence-electron chi connectivity index (χ0n) is 10.3. The molecule has 0 aromatic rings. The van der Waals surface area contributed by atoms with Crippen molar-refractivity contribution >= 4 is 0 Å². The van der Waals surface area contributed by atoms with Crippen LogP contribution in [0.5, 0.6) is 0 Å². The minimum absolute atomic E-state index is 0.198. The molecule has 3 heteroatoms. The topological polar surface area (TPSA) is 38.7 Å². The van der Waals surface area contributed by atoms with Gasteiger partial charge in [0.15, 0.2) is 6.29 Å². The first-order valence-corrected chi connectivity index (χ1v) is 6.59. The third kappa shape index (κ3) is 3.19. The number of methoxy groups -OCH3 is 1. The van der Waals surface area contributed by atoms with E-state index in [4.69, 9.17) is 9.47 Å². The van der Waals surface area contributed by atoms with E-state index in [2.05, 4.69) is 0 Å². The van der Waals surface area contributed by atoms with Crippen LogP contribution < -0.4 is 0 Å². The predicted octanol–water partition coefficient (Wildman–Crippen LogP) is 2.47. The summed E-state index contributed by atoms with van der Waals surface area (Å²) in [5.74, 6) is 0.833. The van der Waals surface area contributed by atoms with Crippen LogP contribution in [0.2, 0.25) is 0 Å².